The highest BCUT2D eigenvalue weighted by Crippen LogP contribution is 2.17. The van der Waals surface area contributed by atoms with Crippen molar-refractivity contribution in [2.24, 2.45) is 0 Å². The molecule has 0 heterocycles. The molecule has 2 atom stereocenters. The van der Waals surface area contributed by atoms with Gasteiger partial charge in [0.2, 0.25) is 10.0 Å². The van der Waals surface area contributed by atoms with Gasteiger partial charge in [0, 0.05) is 38.3 Å². The van der Waals surface area contributed by atoms with Gasteiger partial charge in [-0.15, -0.1) is 0 Å². The van der Waals surface area contributed by atoms with Crippen LogP contribution >= 0.6 is 0 Å². The van der Waals surface area contributed by atoms with Crippen molar-refractivity contribution in [1.82, 2.24) is 14.9 Å². The molecule has 0 aliphatic heterocycles. The quantitative estimate of drug-likeness (QED) is 0.244. The number of hydrogen-bond donors (Lipinski definition) is 3. The Kier molecular flexibility index (Phi) is 12.0. The molecule has 2 unspecified atom stereocenters. The first-order valence-corrected chi connectivity index (χ1v) is 15.3. The van der Waals surface area contributed by atoms with Gasteiger partial charge in [-0.1, -0.05) is 44.5 Å². The first-order valence-electron chi connectivity index (χ1n) is 13.8. The fraction of sp³-hybridized carbons (Fsp3) is 0.387. The molecular weight excluding hydrogens is 548 g/mol. The minimum atomic E-state index is -3.69. The van der Waals surface area contributed by atoms with Crippen molar-refractivity contribution >= 4 is 15.9 Å². The molecule has 0 radical (unpaired) electrons. The number of hydrogen-bond acceptors (Lipinski definition) is 5. The fourth-order valence-corrected chi connectivity index (χ4v) is 5.65. The summed E-state index contributed by atoms with van der Waals surface area (Å²) in [7, 11) is -2.18. The number of unbranched alkanes of at least 4 members (excludes halogenated alkanes) is 1. The molecule has 0 saturated carbocycles. The average molecular weight is 588 g/mol. The predicted octanol–water partition coefficient (Wildman–Crippen LogP) is 4.44. The summed E-state index contributed by atoms with van der Waals surface area (Å²) in [6.07, 6.45) is 1.37. The van der Waals surface area contributed by atoms with Crippen molar-refractivity contribution in [2.45, 2.75) is 63.1 Å². The number of aryl methyl sites for hydroxylation is 1. The molecule has 0 saturated heterocycles. The minimum absolute atomic E-state index is 0.0245. The monoisotopic (exact) mass is 587 g/mol. The Morgan fingerprint density at radius 3 is 2.24 bits per heavy atom. The van der Waals surface area contributed by atoms with E-state index >= 15 is 0 Å². The third-order valence-corrected chi connectivity index (χ3v) is 8.76. The van der Waals surface area contributed by atoms with Crippen LogP contribution in [0, 0.1) is 11.6 Å². The fourth-order valence-electron chi connectivity index (χ4n) is 4.44. The van der Waals surface area contributed by atoms with Crippen LogP contribution in [-0.4, -0.2) is 56.0 Å². The number of benzene rings is 3. The number of rotatable bonds is 15. The van der Waals surface area contributed by atoms with Gasteiger partial charge in [0.25, 0.3) is 5.91 Å². The third kappa shape index (κ3) is 9.43. The summed E-state index contributed by atoms with van der Waals surface area (Å²) in [5.41, 5.74) is 2.69. The minimum Gasteiger partial charge on any atom is -0.390 e. The molecule has 0 aliphatic rings. The van der Waals surface area contributed by atoms with E-state index in [9.17, 15) is 27.1 Å². The van der Waals surface area contributed by atoms with Crippen molar-refractivity contribution in [3.63, 3.8) is 0 Å². The summed E-state index contributed by atoms with van der Waals surface area (Å²) in [4.78, 5) is 13.2. The van der Waals surface area contributed by atoms with Gasteiger partial charge >= 0.3 is 0 Å². The summed E-state index contributed by atoms with van der Waals surface area (Å²) in [6, 6.07) is 15.8. The Hall–Kier alpha value is -3.18. The lowest BCUT2D eigenvalue weighted by Gasteiger charge is -2.25. The number of sulfonamides is 1. The molecule has 0 aliphatic carbocycles. The van der Waals surface area contributed by atoms with Gasteiger partial charge in [0.1, 0.15) is 11.6 Å². The second-order valence-electron chi connectivity index (χ2n) is 10.1. The van der Waals surface area contributed by atoms with Crippen LogP contribution in [0.15, 0.2) is 71.6 Å². The molecular formula is C31H39F2N3O4S. The van der Waals surface area contributed by atoms with Crippen LogP contribution in [0.2, 0.25) is 0 Å². The third-order valence-electron chi connectivity index (χ3n) is 6.89. The van der Waals surface area contributed by atoms with Gasteiger partial charge in [-0.05, 0) is 72.4 Å². The van der Waals surface area contributed by atoms with E-state index in [1.165, 1.54) is 41.2 Å². The lowest BCUT2D eigenvalue weighted by molar-refractivity contribution is 0.0829. The molecule has 41 heavy (non-hydrogen) atoms. The number of nitrogens with one attached hydrogen (secondary N) is 2. The molecule has 3 aromatic rings. The SMILES string of the molecule is CCCCN(C)S(=O)(=O)c1ccc(C(=O)NC(Cc2cc(F)cc(F)c2)C(O)CNCc2cccc(CC)c2)cc1. The van der Waals surface area contributed by atoms with Crippen molar-refractivity contribution in [3.8, 4) is 0 Å². The van der Waals surface area contributed by atoms with Crippen LogP contribution in [0.4, 0.5) is 8.78 Å². The average Bonchev–Trinajstić information content (AvgIpc) is 2.95. The number of carbonyl (C=O) groups is 1. The standard InChI is InChI=1S/C31H39F2N3O4S/c1-4-6-14-36(3)41(39,40)28-12-10-25(11-13-28)31(38)35-29(18-24-16-26(32)19-27(33)17-24)30(37)21-34-20-23-9-7-8-22(5-2)15-23/h7-13,15-17,19,29-30,34,37H,4-6,14,18,20-21H2,1-3H3,(H,35,38). The van der Waals surface area contributed by atoms with Crippen molar-refractivity contribution in [1.29, 1.82) is 0 Å². The van der Waals surface area contributed by atoms with Gasteiger partial charge in [-0.3, -0.25) is 4.79 Å². The Morgan fingerprint density at radius 2 is 1.61 bits per heavy atom. The van der Waals surface area contributed by atoms with E-state index in [-0.39, 0.29) is 29.0 Å². The molecule has 1 amide bonds. The van der Waals surface area contributed by atoms with Crippen LogP contribution in [-0.2, 0) is 29.4 Å². The zero-order valence-electron chi connectivity index (χ0n) is 23.7. The lowest BCUT2D eigenvalue weighted by Crippen LogP contribution is -2.48. The zero-order valence-corrected chi connectivity index (χ0v) is 24.6. The van der Waals surface area contributed by atoms with E-state index in [0.29, 0.717) is 13.1 Å². The van der Waals surface area contributed by atoms with Crippen LogP contribution in [0.25, 0.3) is 0 Å². The van der Waals surface area contributed by atoms with E-state index in [1.54, 1.807) is 0 Å². The van der Waals surface area contributed by atoms with Crippen LogP contribution < -0.4 is 10.6 Å². The second-order valence-corrected chi connectivity index (χ2v) is 12.2. The molecule has 10 heteroatoms. The zero-order chi connectivity index (χ0) is 30.0. The molecule has 3 N–H and O–H groups in total. The number of aliphatic hydroxyl groups is 1. The summed E-state index contributed by atoms with van der Waals surface area (Å²) < 4.78 is 54.6. The first-order chi connectivity index (χ1) is 19.5. The van der Waals surface area contributed by atoms with E-state index in [1.807, 2.05) is 25.1 Å². The molecule has 0 fully saturated rings. The number of halogens is 2. The summed E-state index contributed by atoms with van der Waals surface area (Å²) in [6.45, 7) is 5.03. The highest BCUT2D eigenvalue weighted by atomic mass is 32.2. The van der Waals surface area contributed by atoms with E-state index in [0.717, 1.165) is 43.0 Å². The Bertz CT molecular complexity index is 1380. The number of nitrogens with zero attached hydrogens (tertiary/aromatic N) is 1. The van der Waals surface area contributed by atoms with Crippen LogP contribution in [0.3, 0.4) is 0 Å². The highest BCUT2D eigenvalue weighted by Gasteiger charge is 2.24. The summed E-state index contributed by atoms with van der Waals surface area (Å²) >= 11 is 0. The highest BCUT2D eigenvalue weighted by molar-refractivity contribution is 7.89. The second kappa shape index (κ2) is 15.2. The van der Waals surface area contributed by atoms with Crippen molar-refractivity contribution in [2.75, 3.05) is 20.1 Å². The van der Waals surface area contributed by atoms with E-state index in [4.69, 9.17) is 0 Å². The van der Waals surface area contributed by atoms with Gasteiger partial charge in [-0.2, -0.15) is 0 Å². The normalized spacial score (nSPS) is 13.2. The summed E-state index contributed by atoms with van der Waals surface area (Å²) in [5.74, 6) is -2.06. The van der Waals surface area contributed by atoms with Gasteiger partial charge in [0.15, 0.2) is 0 Å². The smallest absolute Gasteiger partial charge is 0.251 e. The van der Waals surface area contributed by atoms with Crippen LogP contribution in [0.5, 0.6) is 0 Å². The molecule has 222 valence electrons. The van der Waals surface area contributed by atoms with Crippen molar-refractivity contribution in [3.05, 3.63) is 101 Å². The first kappa shape index (κ1) is 32.3. The van der Waals surface area contributed by atoms with E-state index in [2.05, 4.69) is 23.6 Å². The Balaban J connectivity index is 1.73. The van der Waals surface area contributed by atoms with Gasteiger partial charge in [0.05, 0.1) is 17.0 Å². The molecule has 0 aromatic heterocycles. The molecule has 0 bridgehead atoms. The lowest BCUT2D eigenvalue weighted by atomic mass is 10.00. The molecule has 7 nitrogen and oxygen atoms in total. The van der Waals surface area contributed by atoms with Gasteiger partial charge < -0.3 is 15.7 Å². The number of aliphatic hydroxyl groups excluding tert-OH is 1. The number of amides is 1. The number of carbonyl (C=O) groups excluding carboxylic acids is 1. The van der Waals surface area contributed by atoms with Crippen LogP contribution in [0.1, 0.15) is 53.7 Å². The maximum atomic E-state index is 13.9. The van der Waals surface area contributed by atoms with Gasteiger partial charge in [-0.25, -0.2) is 21.5 Å². The predicted molar refractivity (Wildman–Crippen MR) is 156 cm³/mol. The summed E-state index contributed by atoms with van der Waals surface area (Å²) in [5, 5.41) is 17.0. The van der Waals surface area contributed by atoms with Crippen molar-refractivity contribution < 1.29 is 27.1 Å². The Morgan fingerprint density at radius 1 is 0.951 bits per heavy atom. The molecule has 3 rings (SSSR count). The Labute approximate surface area is 241 Å². The molecule has 0 spiro atoms. The maximum Gasteiger partial charge on any atom is 0.251 e. The molecule has 3 aromatic carbocycles. The largest absolute Gasteiger partial charge is 0.390 e. The topological polar surface area (TPSA) is 98.7 Å². The maximum absolute atomic E-state index is 13.9. The van der Waals surface area contributed by atoms with E-state index < -0.39 is 39.7 Å².